The largest absolute Gasteiger partial charge is 0.439 e. The number of benzene rings is 3. The molecule has 0 saturated carbocycles. The molecule has 8 heteroatoms. The van der Waals surface area contributed by atoms with Gasteiger partial charge >= 0.3 is 0 Å². The molecule has 2 heterocycles. The molecule has 1 fully saturated rings. The predicted octanol–water partition coefficient (Wildman–Crippen LogP) is 5.21. The summed E-state index contributed by atoms with van der Waals surface area (Å²) in [4.78, 5) is 15.6. The summed E-state index contributed by atoms with van der Waals surface area (Å²) in [5.41, 5.74) is 3.05. The molecule has 5 rings (SSSR count). The Morgan fingerprint density at radius 3 is 2.51 bits per heavy atom. The van der Waals surface area contributed by atoms with Crippen molar-refractivity contribution < 1.29 is 13.9 Å². The molecule has 1 aliphatic rings. The molecule has 1 amide bonds. The zero-order valence-electron chi connectivity index (χ0n) is 19.1. The molecule has 1 aromatic heterocycles. The minimum absolute atomic E-state index is 0. The highest BCUT2D eigenvalue weighted by atomic mass is 35.5. The number of amides is 1. The Labute approximate surface area is 208 Å². The Bertz CT molecular complexity index is 1420. The van der Waals surface area contributed by atoms with Gasteiger partial charge < -0.3 is 15.0 Å². The summed E-state index contributed by atoms with van der Waals surface area (Å²) < 4.78 is 22.3. The monoisotopic (exact) mass is 490 g/mol. The van der Waals surface area contributed by atoms with E-state index < -0.39 is 5.82 Å². The van der Waals surface area contributed by atoms with E-state index in [1.54, 1.807) is 29.2 Å². The first-order valence-electron chi connectivity index (χ1n) is 11.1. The standard InChI is InChI=1S/C27H23FN4O2.ClH/c1-18-7-9-20(28)16-24(18)34-27-25(26(33)31-13-11-30-12-14-31)22-10-8-19(17-29)15-23(22)32(27)21-5-3-2-4-6-21;/h2-10,15-16,30H,11-14H2,1H3;1H. The van der Waals surface area contributed by atoms with Crippen LogP contribution in [0.25, 0.3) is 16.6 Å². The first-order valence-corrected chi connectivity index (χ1v) is 11.1. The van der Waals surface area contributed by atoms with Crippen LogP contribution in [0.1, 0.15) is 21.5 Å². The lowest BCUT2D eigenvalue weighted by molar-refractivity contribution is 0.0735. The van der Waals surface area contributed by atoms with Crippen molar-refractivity contribution in [2.45, 2.75) is 6.92 Å². The second-order valence-corrected chi connectivity index (χ2v) is 8.25. The normalized spacial score (nSPS) is 13.2. The SMILES string of the molecule is Cc1ccc(F)cc1Oc1c(C(=O)N2CCNCC2)c2ccc(C#N)cc2n1-c1ccccc1.Cl. The molecule has 1 N–H and O–H groups in total. The quantitative estimate of drug-likeness (QED) is 0.426. The highest BCUT2D eigenvalue weighted by Gasteiger charge is 2.30. The summed E-state index contributed by atoms with van der Waals surface area (Å²) in [6, 6.07) is 21.3. The Kier molecular flexibility index (Phi) is 7.06. The number of hydrogen-bond donors (Lipinski definition) is 1. The average Bonchev–Trinajstić information content (AvgIpc) is 3.19. The summed E-state index contributed by atoms with van der Waals surface area (Å²) in [6.45, 7) is 4.40. The van der Waals surface area contributed by atoms with Crippen LogP contribution >= 0.6 is 12.4 Å². The van der Waals surface area contributed by atoms with Crippen LogP contribution in [0.3, 0.4) is 0 Å². The highest BCUT2D eigenvalue weighted by molar-refractivity contribution is 6.10. The lowest BCUT2D eigenvalue weighted by atomic mass is 10.1. The van der Waals surface area contributed by atoms with Gasteiger partial charge in [0, 0.05) is 43.3 Å². The number of nitriles is 1. The van der Waals surface area contributed by atoms with Crippen LogP contribution < -0.4 is 10.1 Å². The summed E-state index contributed by atoms with van der Waals surface area (Å²) >= 11 is 0. The molecular formula is C27H24ClFN4O2. The molecule has 4 aromatic rings. The van der Waals surface area contributed by atoms with Gasteiger partial charge in [-0.2, -0.15) is 5.26 Å². The van der Waals surface area contributed by atoms with E-state index in [0.29, 0.717) is 59.8 Å². The van der Waals surface area contributed by atoms with Crippen LogP contribution in [0.5, 0.6) is 11.6 Å². The first kappa shape index (κ1) is 24.3. The van der Waals surface area contributed by atoms with E-state index in [2.05, 4.69) is 11.4 Å². The van der Waals surface area contributed by atoms with Gasteiger partial charge in [-0.05, 0) is 42.8 Å². The van der Waals surface area contributed by atoms with Crippen molar-refractivity contribution in [2.75, 3.05) is 26.2 Å². The van der Waals surface area contributed by atoms with Crippen molar-refractivity contribution in [3.05, 3.63) is 89.2 Å². The van der Waals surface area contributed by atoms with E-state index in [-0.39, 0.29) is 18.3 Å². The van der Waals surface area contributed by atoms with Gasteiger partial charge in [-0.25, -0.2) is 4.39 Å². The Morgan fingerprint density at radius 1 is 1.06 bits per heavy atom. The molecular weight excluding hydrogens is 467 g/mol. The van der Waals surface area contributed by atoms with Gasteiger partial charge in [0.2, 0.25) is 5.88 Å². The fraction of sp³-hybridized carbons (Fsp3) is 0.185. The van der Waals surface area contributed by atoms with E-state index in [4.69, 9.17) is 4.74 Å². The van der Waals surface area contributed by atoms with Crippen molar-refractivity contribution in [3.63, 3.8) is 0 Å². The molecule has 35 heavy (non-hydrogen) atoms. The number of ether oxygens (including phenoxy) is 1. The lowest BCUT2D eigenvalue weighted by Crippen LogP contribution is -2.46. The van der Waals surface area contributed by atoms with Crippen LogP contribution in [0.2, 0.25) is 0 Å². The number of aromatic nitrogens is 1. The third-order valence-electron chi connectivity index (χ3n) is 6.04. The van der Waals surface area contributed by atoms with Crippen LogP contribution in [-0.4, -0.2) is 41.6 Å². The first-order chi connectivity index (χ1) is 16.6. The van der Waals surface area contributed by atoms with Gasteiger partial charge in [0.05, 0.1) is 17.1 Å². The predicted molar refractivity (Wildman–Crippen MR) is 135 cm³/mol. The number of fused-ring (bicyclic) bond motifs is 1. The molecule has 1 aliphatic heterocycles. The number of carbonyl (C=O) groups is 1. The Hall–Kier alpha value is -3.86. The van der Waals surface area contributed by atoms with E-state index in [1.807, 2.05) is 41.8 Å². The lowest BCUT2D eigenvalue weighted by Gasteiger charge is -2.27. The van der Waals surface area contributed by atoms with Crippen molar-refractivity contribution >= 4 is 29.2 Å². The minimum atomic E-state index is -0.426. The molecule has 0 unspecified atom stereocenters. The molecule has 0 aliphatic carbocycles. The van der Waals surface area contributed by atoms with Crippen LogP contribution in [0, 0.1) is 24.1 Å². The molecule has 178 valence electrons. The maximum atomic E-state index is 14.1. The molecule has 0 atom stereocenters. The van der Waals surface area contributed by atoms with E-state index >= 15 is 0 Å². The van der Waals surface area contributed by atoms with E-state index in [0.717, 1.165) is 11.3 Å². The number of nitrogens with one attached hydrogen (secondary N) is 1. The smallest absolute Gasteiger partial charge is 0.260 e. The third kappa shape index (κ3) is 4.59. The zero-order valence-corrected chi connectivity index (χ0v) is 19.9. The average molecular weight is 491 g/mol. The summed E-state index contributed by atoms with van der Waals surface area (Å²) in [5.74, 6) is 0.0445. The fourth-order valence-corrected chi connectivity index (χ4v) is 4.28. The minimum Gasteiger partial charge on any atom is -0.439 e. The van der Waals surface area contributed by atoms with Gasteiger partial charge in [-0.15, -0.1) is 12.4 Å². The van der Waals surface area contributed by atoms with Crippen molar-refractivity contribution in [1.29, 1.82) is 5.26 Å². The van der Waals surface area contributed by atoms with Crippen molar-refractivity contribution in [3.8, 4) is 23.4 Å². The molecule has 6 nitrogen and oxygen atoms in total. The molecule has 1 saturated heterocycles. The van der Waals surface area contributed by atoms with Crippen molar-refractivity contribution in [1.82, 2.24) is 14.8 Å². The number of aryl methyl sites for hydroxylation is 1. The Morgan fingerprint density at radius 2 is 1.80 bits per heavy atom. The van der Waals surface area contributed by atoms with Gasteiger partial charge in [0.15, 0.2) is 0 Å². The molecule has 0 bridgehead atoms. The molecule has 0 spiro atoms. The summed E-state index contributed by atoms with van der Waals surface area (Å²) in [5, 5.41) is 13.5. The van der Waals surface area contributed by atoms with Gasteiger partial charge in [0.1, 0.15) is 17.1 Å². The number of rotatable bonds is 4. The molecule has 0 radical (unpaired) electrons. The second kappa shape index (κ2) is 10.2. The van der Waals surface area contributed by atoms with Gasteiger partial charge in [-0.1, -0.05) is 30.3 Å². The number of piperazine rings is 1. The number of hydrogen-bond acceptors (Lipinski definition) is 4. The van der Waals surface area contributed by atoms with E-state index in [9.17, 15) is 14.4 Å². The topological polar surface area (TPSA) is 70.3 Å². The molecule has 3 aromatic carbocycles. The fourth-order valence-electron chi connectivity index (χ4n) is 4.28. The number of carbonyl (C=O) groups excluding carboxylic acids is 1. The Balaban J connectivity index is 0.00000289. The maximum Gasteiger partial charge on any atom is 0.260 e. The van der Waals surface area contributed by atoms with Crippen LogP contribution in [0.4, 0.5) is 4.39 Å². The second-order valence-electron chi connectivity index (χ2n) is 8.25. The summed E-state index contributed by atoms with van der Waals surface area (Å²) in [7, 11) is 0. The van der Waals surface area contributed by atoms with Crippen molar-refractivity contribution in [2.24, 2.45) is 0 Å². The zero-order chi connectivity index (χ0) is 23.7. The van der Waals surface area contributed by atoms with Gasteiger partial charge in [-0.3, -0.25) is 9.36 Å². The number of nitrogens with zero attached hydrogens (tertiary/aromatic N) is 3. The number of halogens is 2. The highest BCUT2D eigenvalue weighted by Crippen LogP contribution is 2.40. The number of para-hydroxylation sites is 1. The van der Waals surface area contributed by atoms with Crippen LogP contribution in [0.15, 0.2) is 66.7 Å². The van der Waals surface area contributed by atoms with E-state index in [1.165, 1.54) is 12.1 Å². The maximum absolute atomic E-state index is 14.1. The summed E-state index contributed by atoms with van der Waals surface area (Å²) in [6.07, 6.45) is 0. The van der Waals surface area contributed by atoms with Gasteiger partial charge in [0.25, 0.3) is 5.91 Å². The van der Waals surface area contributed by atoms with Crippen LogP contribution in [-0.2, 0) is 0 Å². The third-order valence-corrected chi connectivity index (χ3v) is 6.04.